The molecule has 0 saturated carbocycles. The van der Waals surface area contributed by atoms with Crippen LogP contribution in [0.3, 0.4) is 0 Å². The zero-order valence-corrected chi connectivity index (χ0v) is 11.5. The summed E-state index contributed by atoms with van der Waals surface area (Å²) >= 11 is 1.23. The van der Waals surface area contributed by atoms with Crippen LogP contribution in [-0.2, 0) is 9.53 Å². The van der Waals surface area contributed by atoms with Crippen LogP contribution in [-0.4, -0.2) is 18.5 Å². The SMILES string of the molecule is Cc1ccc(NC(=O)COC(=O)c2cccs2)cc1F. The third-order valence-electron chi connectivity index (χ3n) is 2.51. The average molecular weight is 293 g/mol. The van der Waals surface area contributed by atoms with Gasteiger partial charge in [0.2, 0.25) is 0 Å². The van der Waals surface area contributed by atoms with Crippen molar-refractivity contribution in [1.29, 1.82) is 0 Å². The number of aryl methyl sites for hydroxylation is 1. The molecule has 104 valence electrons. The predicted molar refractivity (Wildman–Crippen MR) is 74.4 cm³/mol. The minimum Gasteiger partial charge on any atom is -0.451 e. The zero-order valence-electron chi connectivity index (χ0n) is 10.7. The van der Waals surface area contributed by atoms with Crippen LogP contribution in [0.15, 0.2) is 35.7 Å². The van der Waals surface area contributed by atoms with Gasteiger partial charge in [-0.15, -0.1) is 11.3 Å². The molecule has 0 aliphatic heterocycles. The highest BCUT2D eigenvalue weighted by molar-refractivity contribution is 7.11. The summed E-state index contributed by atoms with van der Waals surface area (Å²) in [7, 11) is 0. The van der Waals surface area contributed by atoms with E-state index in [1.165, 1.54) is 17.4 Å². The molecule has 1 heterocycles. The van der Waals surface area contributed by atoms with Crippen LogP contribution in [0.5, 0.6) is 0 Å². The summed E-state index contributed by atoms with van der Waals surface area (Å²) in [5.41, 5.74) is 0.817. The Labute approximate surface area is 119 Å². The molecule has 1 amide bonds. The third kappa shape index (κ3) is 3.64. The number of rotatable bonds is 4. The summed E-state index contributed by atoms with van der Waals surface area (Å²) in [4.78, 5) is 23.5. The highest BCUT2D eigenvalue weighted by Crippen LogP contribution is 2.14. The van der Waals surface area contributed by atoms with Crippen LogP contribution >= 0.6 is 11.3 Å². The lowest BCUT2D eigenvalue weighted by Crippen LogP contribution is -2.20. The van der Waals surface area contributed by atoms with Crippen LogP contribution in [0.1, 0.15) is 15.2 Å². The smallest absolute Gasteiger partial charge is 0.348 e. The van der Waals surface area contributed by atoms with Gasteiger partial charge in [-0.1, -0.05) is 12.1 Å². The van der Waals surface area contributed by atoms with E-state index in [2.05, 4.69) is 5.32 Å². The Hall–Kier alpha value is -2.21. The molecule has 1 aromatic heterocycles. The Bertz CT molecular complexity index is 625. The van der Waals surface area contributed by atoms with Crippen LogP contribution in [0, 0.1) is 12.7 Å². The minimum atomic E-state index is -0.551. The maximum atomic E-state index is 13.3. The molecule has 0 fully saturated rings. The van der Waals surface area contributed by atoms with Crippen molar-refractivity contribution in [3.63, 3.8) is 0 Å². The molecule has 0 spiro atoms. The monoisotopic (exact) mass is 293 g/mol. The summed E-state index contributed by atoms with van der Waals surface area (Å²) in [6.07, 6.45) is 0. The van der Waals surface area contributed by atoms with E-state index in [9.17, 15) is 14.0 Å². The van der Waals surface area contributed by atoms with Crippen molar-refractivity contribution in [3.8, 4) is 0 Å². The Morgan fingerprint density at radius 3 is 2.80 bits per heavy atom. The summed E-state index contributed by atoms with van der Waals surface area (Å²) in [6.45, 7) is 1.22. The van der Waals surface area contributed by atoms with Crippen molar-refractivity contribution >= 4 is 28.9 Å². The number of anilines is 1. The Balaban J connectivity index is 1.86. The number of benzene rings is 1. The molecule has 2 aromatic rings. The standard InChI is InChI=1S/C14H12FNO3S/c1-9-4-5-10(7-11(9)15)16-13(17)8-19-14(18)12-3-2-6-20-12/h2-7H,8H2,1H3,(H,16,17). The van der Waals surface area contributed by atoms with Gasteiger partial charge in [0, 0.05) is 5.69 Å². The van der Waals surface area contributed by atoms with Crippen LogP contribution in [0.25, 0.3) is 0 Å². The zero-order chi connectivity index (χ0) is 14.5. The maximum Gasteiger partial charge on any atom is 0.348 e. The molecule has 1 aromatic carbocycles. The van der Waals surface area contributed by atoms with Crippen molar-refractivity contribution in [2.24, 2.45) is 0 Å². The van der Waals surface area contributed by atoms with Crippen molar-refractivity contribution in [1.82, 2.24) is 0 Å². The number of hydrogen-bond acceptors (Lipinski definition) is 4. The first-order chi connectivity index (χ1) is 9.56. The number of ether oxygens (including phenoxy) is 1. The molecular formula is C14H12FNO3S. The number of nitrogens with one attached hydrogen (secondary N) is 1. The third-order valence-corrected chi connectivity index (χ3v) is 3.36. The van der Waals surface area contributed by atoms with Crippen LogP contribution in [0.2, 0.25) is 0 Å². The van der Waals surface area contributed by atoms with Gasteiger partial charge in [0.05, 0.1) is 0 Å². The molecule has 1 N–H and O–H groups in total. The van der Waals surface area contributed by atoms with E-state index in [0.29, 0.717) is 16.1 Å². The van der Waals surface area contributed by atoms with Crippen molar-refractivity contribution < 1.29 is 18.7 Å². The Kier molecular flexibility index (Phi) is 4.47. The Morgan fingerprint density at radius 1 is 1.35 bits per heavy atom. The number of halogens is 1. The number of carbonyl (C=O) groups excluding carboxylic acids is 2. The topological polar surface area (TPSA) is 55.4 Å². The van der Waals surface area contributed by atoms with E-state index >= 15 is 0 Å². The quantitative estimate of drug-likeness (QED) is 0.882. The Morgan fingerprint density at radius 2 is 2.15 bits per heavy atom. The van der Waals surface area contributed by atoms with Gasteiger partial charge in [-0.3, -0.25) is 4.79 Å². The molecule has 0 bridgehead atoms. The van der Waals surface area contributed by atoms with Gasteiger partial charge in [0.15, 0.2) is 6.61 Å². The molecule has 0 aliphatic carbocycles. The van der Waals surface area contributed by atoms with Gasteiger partial charge in [-0.2, -0.15) is 0 Å². The van der Waals surface area contributed by atoms with Crippen molar-refractivity contribution in [2.75, 3.05) is 11.9 Å². The molecule has 4 nitrogen and oxygen atoms in total. The van der Waals surface area contributed by atoms with Crippen LogP contribution < -0.4 is 5.32 Å². The van der Waals surface area contributed by atoms with E-state index in [1.807, 2.05) is 0 Å². The van der Waals surface area contributed by atoms with Crippen molar-refractivity contribution in [2.45, 2.75) is 6.92 Å². The lowest BCUT2D eigenvalue weighted by atomic mass is 10.2. The second kappa shape index (κ2) is 6.29. The fourth-order valence-electron chi connectivity index (χ4n) is 1.46. The first kappa shape index (κ1) is 14.2. The van der Waals surface area contributed by atoms with Crippen LogP contribution in [0.4, 0.5) is 10.1 Å². The second-order valence-corrected chi connectivity index (χ2v) is 5.01. The normalized spacial score (nSPS) is 10.1. The molecule has 0 unspecified atom stereocenters. The van der Waals surface area contributed by atoms with Gasteiger partial charge < -0.3 is 10.1 Å². The first-order valence-corrected chi connectivity index (χ1v) is 6.71. The average Bonchev–Trinajstić information content (AvgIpc) is 2.94. The first-order valence-electron chi connectivity index (χ1n) is 5.83. The summed E-state index contributed by atoms with van der Waals surface area (Å²) in [6, 6.07) is 7.69. The molecule has 6 heteroatoms. The van der Waals surface area contributed by atoms with E-state index in [1.54, 1.807) is 36.6 Å². The number of thiophene rings is 1. The highest BCUT2D eigenvalue weighted by Gasteiger charge is 2.11. The van der Waals surface area contributed by atoms with Gasteiger partial charge in [-0.05, 0) is 36.1 Å². The number of amides is 1. The second-order valence-electron chi connectivity index (χ2n) is 4.07. The molecule has 0 saturated heterocycles. The molecular weight excluding hydrogens is 281 g/mol. The predicted octanol–water partition coefficient (Wildman–Crippen LogP) is 2.99. The van der Waals surface area contributed by atoms with E-state index < -0.39 is 24.3 Å². The lowest BCUT2D eigenvalue weighted by Gasteiger charge is -2.06. The molecule has 0 atom stereocenters. The maximum absolute atomic E-state index is 13.3. The molecule has 0 aliphatic rings. The number of hydrogen-bond donors (Lipinski definition) is 1. The lowest BCUT2D eigenvalue weighted by molar-refractivity contribution is -0.119. The van der Waals surface area contributed by atoms with E-state index in [-0.39, 0.29) is 0 Å². The summed E-state index contributed by atoms with van der Waals surface area (Å²) in [5.74, 6) is -1.47. The summed E-state index contributed by atoms with van der Waals surface area (Å²) in [5, 5.41) is 4.20. The number of esters is 1. The molecule has 20 heavy (non-hydrogen) atoms. The fourth-order valence-corrected chi connectivity index (χ4v) is 2.08. The van der Waals surface area contributed by atoms with Gasteiger partial charge in [0.1, 0.15) is 10.7 Å². The van der Waals surface area contributed by atoms with E-state index in [0.717, 1.165) is 0 Å². The van der Waals surface area contributed by atoms with Gasteiger partial charge >= 0.3 is 5.97 Å². The fraction of sp³-hybridized carbons (Fsp3) is 0.143. The van der Waals surface area contributed by atoms with Gasteiger partial charge in [0.25, 0.3) is 5.91 Å². The highest BCUT2D eigenvalue weighted by atomic mass is 32.1. The summed E-state index contributed by atoms with van der Waals surface area (Å²) < 4.78 is 18.1. The molecule has 2 rings (SSSR count). The largest absolute Gasteiger partial charge is 0.451 e. The minimum absolute atomic E-state index is 0.324. The molecule has 0 radical (unpaired) electrons. The van der Waals surface area contributed by atoms with E-state index in [4.69, 9.17) is 4.74 Å². The van der Waals surface area contributed by atoms with Gasteiger partial charge in [-0.25, -0.2) is 9.18 Å². The number of carbonyl (C=O) groups is 2. The van der Waals surface area contributed by atoms with Crippen molar-refractivity contribution in [3.05, 3.63) is 52.0 Å².